The van der Waals surface area contributed by atoms with Crippen molar-refractivity contribution in [2.45, 2.75) is 219 Å². The zero-order chi connectivity index (χ0) is 32.9. The third kappa shape index (κ3) is 35.3. The van der Waals surface area contributed by atoms with Gasteiger partial charge in [0, 0.05) is 12.8 Å². The molecule has 45 heavy (non-hydrogen) atoms. The van der Waals surface area contributed by atoms with Gasteiger partial charge in [0.1, 0.15) is 6.61 Å². The Morgan fingerprint density at radius 2 is 0.822 bits per heavy atom. The first-order valence-corrected chi connectivity index (χ1v) is 19.7. The molecule has 1 atom stereocenters. The van der Waals surface area contributed by atoms with E-state index >= 15 is 0 Å². The minimum absolute atomic E-state index is 0.0633. The number of unbranched alkanes of at least 4 members (excludes halogenated alkanes) is 26. The van der Waals surface area contributed by atoms with E-state index in [1.807, 2.05) is 0 Å². The Hall–Kier alpha value is -1.36. The standard InChI is InChI=1S/C40H76O5/c1-3-5-7-9-11-13-15-17-18-19-20-21-22-23-25-26-28-30-32-34-39(42)44-37-38(36-41)45-40(43)35-33-31-29-27-24-16-14-12-10-8-6-4-2/h12,14,38,41H,3-11,13,15-37H2,1-2H3/b14-12-. The van der Waals surface area contributed by atoms with Gasteiger partial charge in [-0.1, -0.05) is 174 Å². The van der Waals surface area contributed by atoms with E-state index in [0.717, 1.165) is 38.5 Å². The zero-order valence-electron chi connectivity index (χ0n) is 30.1. The summed E-state index contributed by atoms with van der Waals surface area (Å²) in [7, 11) is 0. The maximum Gasteiger partial charge on any atom is 0.306 e. The van der Waals surface area contributed by atoms with Crippen molar-refractivity contribution in [3.8, 4) is 0 Å². The monoisotopic (exact) mass is 637 g/mol. The maximum absolute atomic E-state index is 12.1. The molecule has 0 spiro atoms. The number of carbonyl (C=O) groups is 2. The summed E-state index contributed by atoms with van der Waals surface area (Å²) >= 11 is 0. The fraction of sp³-hybridized carbons (Fsp3) is 0.900. The maximum atomic E-state index is 12.1. The average Bonchev–Trinajstić information content (AvgIpc) is 3.04. The van der Waals surface area contributed by atoms with E-state index in [0.29, 0.717) is 12.8 Å². The van der Waals surface area contributed by atoms with E-state index in [2.05, 4.69) is 26.0 Å². The summed E-state index contributed by atoms with van der Waals surface area (Å²) in [6, 6.07) is 0. The van der Waals surface area contributed by atoms with Crippen molar-refractivity contribution >= 4 is 11.9 Å². The van der Waals surface area contributed by atoms with Gasteiger partial charge in [-0.25, -0.2) is 0 Å². The molecule has 5 nitrogen and oxygen atoms in total. The molecule has 0 saturated carbocycles. The Morgan fingerprint density at radius 1 is 0.489 bits per heavy atom. The van der Waals surface area contributed by atoms with Crippen molar-refractivity contribution in [2.75, 3.05) is 13.2 Å². The van der Waals surface area contributed by atoms with Crippen LogP contribution in [0.5, 0.6) is 0 Å². The summed E-state index contributed by atoms with van der Waals surface area (Å²) in [6.07, 6.45) is 41.3. The van der Waals surface area contributed by atoms with Crippen LogP contribution in [0, 0.1) is 0 Å². The molecule has 266 valence electrons. The number of aliphatic hydroxyl groups is 1. The predicted octanol–water partition coefficient (Wildman–Crippen LogP) is 12.1. The number of ether oxygens (including phenoxy) is 2. The first kappa shape index (κ1) is 43.6. The second-order valence-corrected chi connectivity index (χ2v) is 13.4. The van der Waals surface area contributed by atoms with Gasteiger partial charge in [-0.15, -0.1) is 0 Å². The second-order valence-electron chi connectivity index (χ2n) is 13.4. The summed E-state index contributed by atoms with van der Waals surface area (Å²) in [4.78, 5) is 24.2. The Labute approximate surface area is 280 Å². The molecule has 0 rings (SSSR count). The number of rotatable bonds is 36. The van der Waals surface area contributed by atoms with Crippen LogP contribution in [0.2, 0.25) is 0 Å². The van der Waals surface area contributed by atoms with Crippen molar-refractivity contribution in [3.63, 3.8) is 0 Å². The van der Waals surface area contributed by atoms with E-state index < -0.39 is 6.10 Å². The van der Waals surface area contributed by atoms with Crippen LogP contribution in [0.1, 0.15) is 213 Å². The van der Waals surface area contributed by atoms with Crippen LogP contribution < -0.4 is 0 Å². The molecule has 0 aliphatic rings. The number of esters is 2. The number of hydrogen-bond donors (Lipinski definition) is 1. The van der Waals surface area contributed by atoms with Crippen molar-refractivity contribution in [1.82, 2.24) is 0 Å². The van der Waals surface area contributed by atoms with Gasteiger partial charge in [-0.3, -0.25) is 9.59 Å². The van der Waals surface area contributed by atoms with Gasteiger partial charge >= 0.3 is 11.9 Å². The van der Waals surface area contributed by atoms with E-state index in [4.69, 9.17) is 9.47 Å². The van der Waals surface area contributed by atoms with Gasteiger partial charge in [0.05, 0.1) is 6.61 Å². The van der Waals surface area contributed by atoms with Crippen LogP contribution in [-0.4, -0.2) is 36.4 Å². The van der Waals surface area contributed by atoms with Crippen molar-refractivity contribution in [1.29, 1.82) is 0 Å². The van der Waals surface area contributed by atoms with Crippen LogP contribution in [0.3, 0.4) is 0 Å². The fourth-order valence-electron chi connectivity index (χ4n) is 5.78. The van der Waals surface area contributed by atoms with Crippen LogP contribution in [0.25, 0.3) is 0 Å². The Kier molecular flexibility index (Phi) is 36.0. The lowest BCUT2D eigenvalue weighted by Crippen LogP contribution is -2.28. The lowest BCUT2D eigenvalue weighted by molar-refractivity contribution is -0.161. The molecular weight excluding hydrogens is 560 g/mol. The molecule has 0 amide bonds. The molecule has 1 unspecified atom stereocenters. The van der Waals surface area contributed by atoms with Crippen LogP contribution in [0.4, 0.5) is 0 Å². The molecule has 0 aliphatic heterocycles. The Bertz CT molecular complexity index is 647. The molecule has 5 heteroatoms. The molecule has 0 bridgehead atoms. The molecule has 0 fully saturated rings. The van der Waals surface area contributed by atoms with Crippen LogP contribution in [0.15, 0.2) is 12.2 Å². The largest absolute Gasteiger partial charge is 0.462 e. The van der Waals surface area contributed by atoms with Gasteiger partial charge in [0.25, 0.3) is 0 Å². The zero-order valence-corrected chi connectivity index (χ0v) is 30.1. The minimum Gasteiger partial charge on any atom is -0.462 e. The molecule has 0 radical (unpaired) electrons. The number of allylic oxidation sites excluding steroid dienone is 2. The number of hydrogen-bond acceptors (Lipinski definition) is 5. The molecule has 0 aromatic heterocycles. The van der Waals surface area contributed by atoms with Gasteiger partial charge in [-0.2, -0.15) is 0 Å². The van der Waals surface area contributed by atoms with Gasteiger partial charge in [0.2, 0.25) is 0 Å². The summed E-state index contributed by atoms with van der Waals surface area (Å²) in [5.41, 5.74) is 0. The number of aliphatic hydroxyl groups excluding tert-OH is 1. The highest BCUT2D eigenvalue weighted by atomic mass is 16.6. The first-order valence-electron chi connectivity index (χ1n) is 19.7. The molecule has 0 aromatic carbocycles. The molecular formula is C40H76O5. The highest BCUT2D eigenvalue weighted by Crippen LogP contribution is 2.15. The smallest absolute Gasteiger partial charge is 0.306 e. The summed E-state index contributed by atoms with van der Waals surface area (Å²) in [5.74, 6) is -0.591. The molecule has 0 saturated heterocycles. The summed E-state index contributed by atoms with van der Waals surface area (Å²) < 4.78 is 10.6. The van der Waals surface area contributed by atoms with E-state index in [9.17, 15) is 14.7 Å². The van der Waals surface area contributed by atoms with E-state index in [-0.39, 0.29) is 25.2 Å². The average molecular weight is 637 g/mol. The topological polar surface area (TPSA) is 72.8 Å². The molecule has 0 heterocycles. The SMILES string of the molecule is CCCCC/C=C\CCCCCCCC(=O)OC(CO)COC(=O)CCCCCCCCCCCCCCCCCCCCC. The fourth-order valence-corrected chi connectivity index (χ4v) is 5.78. The quantitative estimate of drug-likeness (QED) is 0.0421. The van der Waals surface area contributed by atoms with Crippen LogP contribution in [-0.2, 0) is 19.1 Å². The van der Waals surface area contributed by atoms with Gasteiger partial charge in [0.15, 0.2) is 6.10 Å². The minimum atomic E-state index is -0.768. The first-order chi connectivity index (χ1) is 22.1. The molecule has 0 aromatic rings. The normalized spacial score (nSPS) is 12.2. The number of carbonyl (C=O) groups excluding carboxylic acids is 2. The van der Waals surface area contributed by atoms with Crippen LogP contribution >= 0.6 is 0 Å². The highest BCUT2D eigenvalue weighted by molar-refractivity contribution is 5.70. The molecule has 0 aliphatic carbocycles. The third-order valence-electron chi connectivity index (χ3n) is 8.81. The van der Waals surface area contributed by atoms with E-state index in [1.165, 1.54) is 148 Å². The van der Waals surface area contributed by atoms with Crippen molar-refractivity contribution < 1.29 is 24.2 Å². The van der Waals surface area contributed by atoms with Crippen molar-refractivity contribution in [3.05, 3.63) is 12.2 Å². The second kappa shape index (κ2) is 37.1. The predicted molar refractivity (Wildman–Crippen MR) is 192 cm³/mol. The van der Waals surface area contributed by atoms with Gasteiger partial charge in [-0.05, 0) is 38.5 Å². The lowest BCUT2D eigenvalue weighted by atomic mass is 10.0. The Morgan fingerprint density at radius 3 is 1.24 bits per heavy atom. The third-order valence-corrected chi connectivity index (χ3v) is 8.81. The van der Waals surface area contributed by atoms with E-state index in [1.54, 1.807) is 0 Å². The highest BCUT2D eigenvalue weighted by Gasteiger charge is 2.16. The van der Waals surface area contributed by atoms with Crippen molar-refractivity contribution in [2.24, 2.45) is 0 Å². The lowest BCUT2D eigenvalue weighted by Gasteiger charge is -2.15. The molecule has 1 N–H and O–H groups in total. The summed E-state index contributed by atoms with van der Waals surface area (Å²) in [6.45, 7) is 4.12. The Balaban J connectivity index is 3.49. The summed E-state index contributed by atoms with van der Waals surface area (Å²) in [5, 5.41) is 9.53. The van der Waals surface area contributed by atoms with Gasteiger partial charge < -0.3 is 14.6 Å².